The lowest BCUT2D eigenvalue weighted by Gasteiger charge is -2.27. The van der Waals surface area contributed by atoms with Crippen LogP contribution in [-0.2, 0) is 17.8 Å². The summed E-state index contributed by atoms with van der Waals surface area (Å²) in [4.78, 5) is 18.4. The summed E-state index contributed by atoms with van der Waals surface area (Å²) in [6.45, 7) is 4.01. The van der Waals surface area contributed by atoms with Gasteiger partial charge in [-0.15, -0.1) is 0 Å². The fourth-order valence-corrected chi connectivity index (χ4v) is 2.94. The first-order chi connectivity index (χ1) is 10.6. The van der Waals surface area contributed by atoms with Crippen LogP contribution >= 0.6 is 0 Å². The molecule has 3 heterocycles. The second-order valence-electron chi connectivity index (χ2n) is 5.97. The van der Waals surface area contributed by atoms with Crippen LogP contribution in [-0.4, -0.2) is 45.7 Å². The Kier molecular flexibility index (Phi) is 4.24. The highest BCUT2D eigenvalue weighted by Crippen LogP contribution is 2.19. The van der Waals surface area contributed by atoms with E-state index in [1.165, 1.54) is 0 Å². The fraction of sp³-hybridized carbons (Fsp3) is 0.533. The van der Waals surface area contributed by atoms with Gasteiger partial charge in [-0.2, -0.15) is 0 Å². The molecule has 0 unspecified atom stereocenters. The number of carbonyl (C=O) groups is 1. The fourth-order valence-electron chi connectivity index (χ4n) is 2.94. The zero-order valence-corrected chi connectivity index (χ0v) is 13.0. The third-order valence-corrected chi connectivity index (χ3v) is 3.91. The van der Waals surface area contributed by atoms with Crippen molar-refractivity contribution >= 4 is 11.7 Å². The summed E-state index contributed by atoms with van der Waals surface area (Å²) in [5.41, 5.74) is 0. The molecular weight excluding hydrogens is 282 g/mol. The van der Waals surface area contributed by atoms with Gasteiger partial charge in [0.2, 0.25) is 5.91 Å². The number of anilines is 1. The van der Waals surface area contributed by atoms with Crippen LogP contribution < -0.4 is 5.32 Å². The number of fused-ring (bicyclic) bond motifs is 1. The van der Waals surface area contributed by atoms with E-state index in [-0.39, 0.29) is 5.91 Å². The molecule has 1 aliphatic heterocycles. The number of hydrogen-bond donors (Lipinski definition) is 1. The average molecular weight is 303 g/mol. The second kappa shape index (κ2) is 6.31. The van der Waals surface area contributed by atoms with Gasteiger partial charge in [-0.1, -0.05) is 5.16 Å². The van der Waals surface area contributed by atoms with Gasteiger partial charge in [-0.05, 0) is 26.3 Å². The lowest BCUT2D eigenvalue weighted by atomic mass is 9.99. The van der Waals surface area contributed by atoms with E-state index in [0.29, 0.717) is 24.0 Å². The van der Waals surface area contributed by atoms with Crippen LogP contribution in [0.4, 0.5) is 5.82 Å². The summed E-state index contributed by atoms with van der Waals surface area (Å²) in [6.07, 6.45) is 6.01. The van der Waals surface area contributed by atoms with Crippen molar-refractivity contribution in [2.75, 3.05) is 25.5 Å². The van der Waals surface area contributed by atoms with Gasteiger partial charge >= 0.3 is 0 Å². The van der Waals surface area contributed by atoms with Crippen LogP contribution in [0.3, 0.4) is 0 Å². The van der Waals surface area contributed by atoms with Gasteiger partial charge in [0.15, 0.2) is 5.82 Å². The summed E-state index contributed by atoms with van der Waals surface area (Å²) in [5, 5.41) is 6.50. The summed E-state index contributed by atoms with van der Waals surface area (Å²) < 4.78 is 7.14. The lowest BCUT2D eigenvalue weighted by molar-refractivity contribution is -0.117. The van der Waals surface area contributed by atoms with E-state index in [1.54, 1.807) is 13.0 Å². The number of likely N-dealkylation sites (N-methyl/N-ethyl adjacent to an activating group) is 1. The molecule has 7 nitrogen and oxygen atoms in total. The van der Waals surface area contributed by atoms with Gasteiger partial charge in [0.05, 0.1) is 6.54 Å². The van der Waals surface area contributed by atoms with Gasteiger partial charge in [0.25, 0.3) is 0 Å². The number of carbonyl (C=O) groups excluding carboxylic acids is 1. The summed E-state index contributed by atoms with van der Waals surface area (Å²) in [6, 6.07) is 1.71. The minimum absolute atomic E-state index is 0.0741. The van der Waals surface area contributed by atoms with Crippen molar-refractivity contribution in [1.29, 1.82) is 0 Å². The molecule has 1 N–H and O–H groups in total. The predicted molar refractivity (Wildman–Crippen MR) is 81.4 cm³/mol. The lowest BCUT2D eigenvalue weighted by Crippen LogP contribution is -2.36. The highest BCUT2D eigenvalue weighted by atomic mass is 16.5. The van der Waals surface area contributed by atoms with E-state index >= 15 is 0 Å². The van der Waals surface area contributed by atoms with E-state index in [4.69, 9.17) is 4.52 Å². The first-order valence-corrected chi connectivity index (χ1v) is 7.52. The van der Waals surface area contributed by atoms with Crippen LogP contribution in [0.2, 0.25) is 0 Å². The molecule has 1 aliphatic rings. The molecule has 1 amide bonds. The maximum absolute atomic E-state index is 12.0. The monoisotopic (exact) mass is 303 g/mol. The maximum atomic E-state index is 12.0. The molecule has 1 atom stereocenters. The van der Waals surface area contributed by atoms with E-state index < -0.39 is 0 Å². The summed E-state index contributed by atoms with van der Waals surface area (Å²) >= 11 is 0. The second-order valence-corrected chi connectivity index (χ2v) is 5.97. The number of aryl methyl sites for hydroxylation is 2. The smallest absolute Gasteiger partial charge is 0.239 e. The highest BCUT2D eigenvalue weighted by molar-refractivity contribution is 5.91. The molecule has 7 heteroatoms. The molecule has 3 rings (SSSR count). The van der Waals surface area contributed by atoms with Crippen molar-refractivity contribution in [1.82, 2.24) is 19.6 Å². The van der Waals surface area contributed by atoms with Gasteiger partial charge < -0.3 is 14.4 Å². The molecule has 0 spiro atoms. The minimum Gasteiger partial charge on any atom is -0.360 e. The van der Waals surface area contributed by atoms with Crippen LogP contribution in [0.5, 0.6) is 0 Å². The Bertz CT molecular complexity index is 648. The number of aromatic nitrogens is 3. The Balaban J connectivity index is 1.46. The standard InChI is InChI=1S/C15H21N5O2/c1-11-7-13(18-22-11)17-15(21)10-19(2)8-12-3-4-14-16-5-6-20(14)9-12/h5-7,12H,3-4,8-10H2,1-2H3,(H,17,18,21)/t12-/m1/s1. The molecule has 22 heavy (non-hydrogen) atoms. The van der Waals surface area contributed by atoms with Crippen LogP contribution in [0.1, 0.15) is 18.0 Å². The van der Waals surface area contributed by atoms with Gasteiger partial charge in [0.1, 0.15) is 11.6 Å². The van der Waals surface area contributed by atoms with E-state index in [0.717, 1.165) is 31.8 Å². The van der Waals surface area contributed by atoms with Crippen LogP contribution in [0, 0.1) is 12.8 Å². The Morgan fingerprint density at radius 2 is 2.45 bits per heavy atom. The number of rotatable bonds is 5. The maximum Gasteiger partial charge on any atom is 0.239 e. The Labute approximate surface area is 129 Å². The molecule has 0 radical (unpaired) electrons. The van der Waals surface area contributed by atoms with Gasteiger partial charge in [-0.3, -0.25) is 9.69 Å². The number of amides is 1. The van der Waals surface area contributed by atoms with Crippen molar-refractivity contribution in [2.45, 2.75) is 26.3 Å². The van der Waals surface area contributed by atoms with Crippen molar-refractivity contribution < 1.29 is 9.32 Å². The zero-order chi connectivity index (χ0) is 15.5. The number of hydrogen-bond acceptors (Lipinski definition) is 5. The van der Waals surface area contributed by atoms with Gasteiger partial charge in [-0.25, -0.2) is 4.98 Å². The zero-order valence-electron chi connectivity index (χ0n) is 13.0. The molecule has 0 saturated heterocycles. The SMILES string of the molecule is Cc1cc(NC(=O)CN(C)C[C@H]2CCc3nccn3C2)no1. The molecule has 2 aromatic rings. The Morgan fingerprint density at radius 1 is 1.59 bits per heavy atom. The minimum atomic E-state index is -0.0741. The normalized spacial score (nSPS) is 17.5. The molecule has 0 bridgehead atoms. The van der Waals surface area contributed by atoms with Crippen molar-refractivity contribution in [3.05, 3.63) is 30.0 Å². The molecule has 0 aliphatic carbocycles. The third kappa shape index (κ3) is 3.54. The highest BCUT2D eigenvalue weighted by Gasteiger charge is 2.21. The number of imidazole rings is 1. The largest absolute Gasteiger partial charge is 0.360 e. The van der Waals surface area contributed by atoms with Crippen molar-refractivity contribution in [3.8, 4) is 0 Å². The molecule has 0 aromatic carbocycles. The number of nitrogens with one attached hydrogen (secondary N) is 1. The summed E-state index contributed by atoms with van der Waals surface area (Å²) in [5.74, 6) is 2.79. The molecule has 118 valence electrons. The molecule has 0 saturated carbocycles. The quantitative estimate of drug-likeness (QED) is 0.901. The van der Waals surface area contributed by atoms with Gasteiger partial charge in [0, 0.05) is 38.0 Å². The van der Waals surface area contributed by atoms with E-state index in [9.17, 15) is 4.79 Å². The average Bonchev–Trinajstić information content (AvgIpc) is 3.06. The first kappa shape index (κ1) is 14.8. The topological polar surface area (TPSA) is 76.2 Å². The molecular formula is C15H21N5O2. The predicted octanol–water partition coefficient (Wildman–Crippen LogP) is 1.31. The van der Waals surface area contributed by atoms with Crippen LogP contribution in [0.15, 0.2) is 23.0 Å². The van der Waals surface area contributed by atoms with E-state index in [1.807, 2.05) is 19.4 Å². The number of nitrogens with zero attached hydrogens (tertiary/aromatic N) is 4. The molecule has 2 aromatic heterocycles. The summed E-state index contributed by atoms with van der Waals surface area (Å²) in [7, 11) is 1.97. The molecule has 0 fully saturated rings. The van der Waals surface area contributed by atoms with Crippen molar-refractivity contribution in [3.63, 3.8) is 0 Å². The first-order valence-electron chi connectivity index (χ1n) is 7.52. The van der Waals surface area contributed by atoms with E-state index in [2.05, 4.69) is 24.9 Å². The Morgan fingerprint density at radius 3 is 3.23 bits per heavy atom. The Hall–Kier alpha value is -2.15. The third-order valence-electron chi connectivity index (χ3n) is 3.91. The van der Waals surface area contributed by atoms with Crippen molar-refractivity contribution in [2.24, 2.45) is 5.92 Å². The van der Waals surface area contributed by atoms with Crippen LogP contribution in [0.25, 0.3) is 0 Å².